The van der Waals surface area contributed by atoms with E-state index in [4.69, 9.17) is 4.74 Å². The van der Waals surface area contributed by atoms with Gasteiger partial charge in [-0.15, -0.1) is 0 Å². The lowest BCUT2D eigenvalue weighted by atomic mass is 9.98. The summed E-state index contributed by atoms with van der Waals surface area (Å²) in [6.07, 6.45) is 1.30. The van der Waals surface area contributed by atoms with Gasteiger partial charge in [-0.25, -0.2) is 8.42 Å². The second-order valence-electron chi connectivity index (χ2n) is 7.66. The second kappa shape index (κ2) is 8.55. The molecule has 6 nitrogen and oxygen atoms in total. The van der Waals surface area contributed by atoms with Crippen molar-refractivity contribution in [3.05, 3.63) is 53.1 Å². The zero-order chi connectivity index (χ0) is 21.2. The first kappa shape index (κ1) is 21.3. The molecule has 0 bridgehead atoms. The summed E-state index contributed by atoms with van der Waals surface area (Å²) in [5.41, 5.74) is 3.72. The van der Waals surface area contributed by atoms with E-state index in [1.807, 2.05) is 45.0 Å². The number of nitrogens with one attached hydrogen (secondary N) is 1. The van der Waals surface area contributed by atoms with Crippen molar-refractivity contribution in [1.29, 1.82) is 0 Å². The van der Waals surface area contributed by atoms with Crippen LogP contribution in [0.25, 0.3) is 0 Å². The lowest BCUT2D eigenvalue weighted by Gasteiger charge is -2.31. The quantitative estimate of drug-likeness (QED) is 0.807. The van der Waals surface area contributed by atoms with Gasteiger partial charge < -0.3 is 10.1 Å². The summed E-state index contributed by atoms with van der Waals surface area (Å²) in [5.74, 6) is -0.222. The van der Waals surface area contributed by atoms with Crippen molar-refractivity contribution in [3.63, 3.8) is 0 Å². The van der Waals surface area contributed by atoms with E-state index in [9.17, 15) is 13.2 Å². The van der Waals surface area contributed by atoms with Crippen molar-refractivity contribution in [3.8, 4) is 5.75 Å². The van der Waals surface area contributed by atoms with Crippen LogP contribution in [0.2, 0.25) is 0 Å². The molecule has 0 unspecified atom stereocenters. The van der Waals surface area contributed by atoms with Crippen LogP contribution in [-0.4, -0.2) is 38.8 Å². The van der Waals surface area contributed by atoms with Crippen LogP contribution in [0.5, 0.6) is 5.75 Å². The Morgan fingerprint density at radius 3 is 2.48 bits per heavy atom. The molecule has 1 fully saturated rings. The number of carbonyl (C=O) groups excluding carboxylic acids is 1. The van der Waals surface area contributed by atoms with Crippen LogP contribution in [0.15, 0.2) is 41.3 Å². The Bertz CT molecular complexity index is 1020. The van der Waals surface area contributed by atoms with E-state index in [-0.39, 0.29) is 17.3 Å². The zero-order valence-corrected chi connectivity index (χ0v) is 18.2. The molecular formula is C22H28N2O4S. The first-order chi connectivity index (χ1) is 13.7. The molecular weight excluding hydrogens is 388 g/mol. The minimum absolute atomic E-state index is 0.145. The fourth-order valence-corrected chi connectivity index (χ4v) is 5.45. The highest BCUT2D eigenvalue weighted by atomic mass is 32.2. The van der Waals surface area contributed by atoms with Crippen LogP contribution >= 0.6 is 0 Å². The molecule has 0 aliphatic carbocycles. The summed E-state index contributed by atoms with van der Waals surface area (Å²) >= 11 is 0. The summed E-state index contributed by atoms with van der Waals surface area (Å²) in [6.45, 7) is 6.35. The number of hydrogen-bond acceptors (Lipinski definition) is 4. The Hall–Kier alpha value is -2.38. The summed E-state index contributed by atoms with van der Waals surface area (Å²) in [5, 5.41) is 2.97. The Balaban J connectivity index is 1.79. The van der Waals surface area contributed by atoms with E-state index in [1.54, 1.807) is 12.1 Å². The first-order valence-corrected chi connectivity index (χ1v) is 11.2. The number of aryl methyl sites for hydroxylation is 3. The second-order valence-corrected chi connectivity index (χ2v) is 9.57. The molecule has 1 saturated heterocycles. The average Bonchev–Trinajstić information content (AvgIpc) is 2.70. The van der Waals surface area contributed by atoms with Gasteiger partial charge in [-0.2, -0.15) is 4.31 Å². The third kappa shape index (κ3) is 4.62. The fourth-order valence-electron chi connectivity index (χ4n) is 3.69. The van der Waals surface area contributed by atoms with E-state index in [2.05, 4.69) is 5.32 Å². The highest BCUT2D eigenvalue weighted by molar-refractivity contribution is 7.89. The number of carbonyl (C=O) groups is 1. The minimum atomic E-state index is -3.75. The van der Waals surface area contributed by atoms with Gasteiger partial charge in [0.1, 0.15) is 10.6 Å². The number of amides is 1. The van der Waals surface area contributed by atoms with E-state index >= 15 is 0 Å². The van der Waals surface area contributed by atoms with Crippen LogP contribution in [0.1, 0.15) is 29.5 Å². The van der Waals surface area contributed by atoms with Gasteiger partial charge in [0.05, 0.1) is 13.0 Å². The van der Waals surface area contributed by atoms with E-state index in [0.29, 0.717) is 25.1 Å². The largest absolute Gasteiger partial charge is 0.495 e. The molecule has 1 N–H and O–H groups in total. The maximum absolute atomic E-state index is 13.3. The van der Waals surface area contributed by atoms with Crippen LogP contribution < -0.4 is 10.1 Å². The van der Waals surface area contributed by atoms with Crippen molar-refractivity contribution in [2.45, 2.75) is 38.5 Å². The topological polar surface area (TPSA) is 75.7 Å². The smallest absolute Gasteiger partial charge is 0.246 e. The molecule has 1 aliphatic heterocycles. The fraction of sp³-hybridized carbons (Fsp3) is 0.409. The number of rotatable bonds is 5. The molecule has 1 heterocycles. The summed E-state index contributed by atoms with van der Waals surface area (Å²) in [7, 11) is -2.29. The molecule has 0 spiro atoms. The van der Waals surface area contributed by atoms with Crippen molar-refractivity contribution in [1.82, 2.24) is 4.31 Å². The standard InChI is InChI=1S/C22H28N2O4S/c1-15-7-9-19(17(3)12-15)23-22(25)18-6-5-11-24(14-18)29(26,27)21-13-16(2)8-10-20(21)28-4/h7-10,12-13,18H,5-6,11,14H2,1-4H3,(H,23,25)/t18-/m0/s1. The van der Waals surface area contributed by atoms with Crippen molar-refractivity contribution in [2.24, 2.45) is 5.92 Å². The maximum Gasteiger partial charge on any atom is 0.246 e. The van der Waals surface area contributed by atoms with Gasteiger partial charge in [0.15, 0.2) is 0 Å². The number of benzene rings is 2. The van der Waals surface area contributed by atoms with E-state index in [0.717, 1.165) is 22.4 Å². The van der Waals surface area contributed by atoms with Crippen LogP contribution in [0.4, 0.5) is 5.69 Å². The molecule has 2 aromatic carbocycles. The van der Waals surface area contributed by atoms with E-state index < -0.39 is 15.9 Å². The van der Waals surface area contributed by atoms with Crippen LogP contribution in [0, 0.1) is 26.7 Å². The number of ether oxygens (including phenoxy) is 1. The average molecular weight is 417 g/mol. The van der Waals surface area contributed by atoms with Crippen molar-refractivity contribution in [2.75, 3.05) is 25.5 Å². The molecule has 1 amide bonds. The third-order valence-electron chi connectivity index (χ3n) is 5.33. The third-order valence-corrected chi connectivity index (χ3v) is 7.22. The molecule has 1 atom stereocenters. The molecule has 3 rings (SSSR count). The molecule has 0 aromatic heterocycles. The van der Waals surface area contributed by atoms with Gasteiger partial charge in [-0.3, -0.25) is 4.79 Å². The highest BCUT2D eigenvalue weighted by Crippen LogP contribution is 2.31. The predicted molar refractivity (Wildman–Crippen MR) is 114 cm³/mol. The number of nitrogens with zero attached hydrogens (tertiary/aromatic N) is 1. The normalized spacial score (nSPS) is 17.7. The Labute approximate surface area is 172 Å². The van der Waals surface area contributed by atoms with Gasteiger partial charge in [0.2, 0.25) is 15.9 Å². The molecule has 2 aromatic rings. The summed E-state index contributed by atoms with van der Waals surface area (Å²) < 4.78 is 33.2. The zero-order valence-electron chi connectivity index (χ0n) is 17.4. The van der Waals surface area contributed by atoms with Crippen molar-refractivity contribution >= 4 is 21.6 Å². The molecule has 0 saturated carbocycles. The SMILES string of the molecule is COc1ccc(C)cc1S(=O)(=O)N1CCC[C@H](C(=O)Nc2ccc(C)cc2C)C1. The number of piperidine rings is 1. The number of anilines is 1. The molecule has 0 radical (unpaired) electrons. The molecule has 29 heavy (non-hydrogen) atoms. The monoisotopic (exact) mass is 416 g/mol. The highest BCUT2D eigenvalue weighted by Gasteiger charge is 2.35. The first-order valence-electron chi connectivity index (χ1n) is 9.75. The maximum atomic E-state index is 13.3. The summed E-state index contributed by atoms with van der Waals surface area (Å²) in [6, 6.07) is 10.9. The Kier molecular flexibility index (Phi) is 6.29. The van der Waals surface area contributed by atoms with Gasteiger partial charge in [0.25, 0.3) is 0 Å². The Morgan fingerprint density at radius 2 is 1.79 bits per heavy atom. The van der Waals surface area contributed by atoms with Gasteiger partial charge >= 0.3 is 0 Å². The summed E-state index contributed by atoms with van der Waals surface area (Å²) in [4.78, 5) is 13.0. The Morgan fingerprint density at radius 1 is 1.10 bits per heavy atom. The lowest BCUT2D eigenvalue weighted by molar-refractivity contribution is -0.120. The lowest BCUT2D eigenvalue weighted by Crippen LogP contribution is -2.43. The van der Waals surface area contributed by atoms with Crippen LogP contribution in [0.3, 0.4) is 0 Å². The number of sulfonamides is 1. The number of hydrogen-bond donors (Lipinski definition) is 1. The predicted octanol–water partition coefficient (Wildman–Crippen LogP) is 3.66. The van der Waals surface area contributed by atoms with Crippen molar-refractivity contribution < 1.29 is 17.9 Å². The van der Waals surface area contributed by atoms with Gasteiger partial charge in [-0.05, 0) is 62.9 Å². The van der Waals surface area contributed by atoms with Gasteiger partial charge in [0, 0.05) is 18.8 Å². The number of methoxy groups -OCH3 is 1. The molecule has 156 valence electrons. The minimum Gasteiger partial charge on any atom is -0.495 e. The van der Waals surface area contributed by atoms with Gasteiger partial charge in [-0.1, -0.05) is 23.8 Å². The van der Waals surface area contributed by atoms with E-state index in [1.165, 1.54) is 11.4 Å². The molecule has 1 aliphatic rings. The molecule has 7 heteroatoms. The van der Waals surface area contributed by atoms with Crippen LogP contribution in [-0.2, 0) is 14.8 Å².